The molecule has 0 fully saturated rings. The fraction of sp³-hybridized carbons (Fsp3) is 0.455. The molecular weight excluding hydrogens is 303 g/mol. The number of rotatable bonds is 1. The highest BCUT2D eigenvalue weighted by atomic mass is 19.4. The zero-order valence-electron chi connectivity index (χ0n) is 11.5. The lowest BCUT2D eigenvalue weighted by Crippen LogP contribution is -2.41. The Hall–Kier alpha value is -2.59. The molecule has 22 heavy (non-hydrogen) atoms. The molecule has 3 rings (SSSR count). The highest BCUT2D eigenvalue weighted by Crippen LogP contribution is 2.30. The molecule has 0 aliphatic carbocycles. The number of amides is 2. The van der Waals surface area contributed by atoms with Crippen molar-refractivity contribution in [3.8, 4) is 0 Å². The van der Waals surface area contributed by atoms with Crippen LogP contribution in [0, 0.1) is 0 Å². The maximum Gasteiger partial charge on any atom is 0.449 e. The van der Waals surface area contributed by atoms with E-state index in [1.165, 1.54) is 15.8 Å². The normalized spacial score (nSPS) is 14.8. The number of alkyl halides is 3. The van der Waals surface area contributed by atoms with E-state index in [1.807, 2.05) is 0 Å². The second-order valence-electron chi connectivity index (χ2n) is 4.82. The van der Waals surface area contributed by atoms with Crippen molar-refractivity contribution in [2.24, 2.45) is 7.05 Å². The van der Waals surface area contributed by atoms with Gasteiger partial charge in [-0.15, -0.1) is 5.10 Å². The molecule has 0 atom stereocenters. The van der Waals surface area contributed by atoms with Crippen molar-refractivity contribution in [2.75, 3.05) is 11.9 Å². The maximum atomic E-state index is 12.8. The van der Waals surface area contributed by atoms with Gasteiger partial charge in [0.15, 0.2) is 5.82 Å². The van der Waals surface area contributed by atoms with Crippen molar-refractivity contribution in [2.45, 2.75) is 19.3 Å². The van der Waals surface area contributed by atoms with Crippen molar-refractivity contribution < 1.29 is 18.0 Å². The number of urea groups is 1. The smallest absolute Gasteiger partial charge is 0.321 e. The molecule has 8 nitrogen and oxygen atoms in total. The average Bonchev–Trinajstić information content (AvgIpc) is 3.04. The maximum absolute atomic E-state index is 12.8. The molecular formula is C11H12F3N7O. The van der Waals surface area contributed by atoms with Crippen molar-refractivity contribution in [3.63, 3.8) is 0 Å². The van der Waals surface area contributed by atoms with E-state index in [4.69, 9.17) is 0 Å². The predicted molar refractivity (Wildman–Crippen MR) is 67.7 cm³/mol. The van der Waals surface area contributed by atoms with E-state index in [-0.39, 0.29) is 19.6 Å². The lowest BCUT2D eigenvalue weighted by atomic mass is 10.3. The molecule has 1 aliphatic rings. The van der Waals surface area contributed by atoms with Gasteiger partial charge in [0.2, 0.25) is 5.82 Å². The first-order chi connectivity index (χ1) is 10.4. The van der Waals surface area contributed by atoms with E-state index in [1.54, 1.807) is 7.05 Å². The average molecular weight is 315 g/mol. The molecule has 0 aromatic carbocycles. The van der Waals surface area contributed by atoms with Gasteiger partial charge in [0.25, 0.3) is 0 Å². The molecule has 0 radical (unpaired) electrons. The third-order valence-corrected chi connectivity index (χ3v) is 3.37. The lowest BCUT2D eigenvalue weighted by molar-refractivity contribution is -0.147. The predicted octanol–water partition coefficient (Wildman–Crippen LogP) is 1.08. The van der Waals surface area contributed by atoms with E-state index in [0.717, 1.165) is 10.8 Å². The fourth-order valence-corrected chi connectivity index (χ4v) is 2.27. The van der Waals surface area contributed by atoms with Gasteiger partial charge in [0, 0.05) is 20.1 Å². The quantitative estimate of drug-likeness (QED) is 0.854. The van der Waals surface area contributed by atoms with Gasteiger partial charge in [-0.2, -0.15) is 13.2 Å². The number of aryl methyl sites for hydroxylation is 1. The monoisotopic (exact) mass is 315 g/mol. The number of carbonyl (C=O) groups excluding carboxylic acids is 1. The van der Waals surface area contributed by atoms with Crippen LogP contribution in [0.4, 0.5) is 23.8 Å². The van der Waals surface area contributed by atoms with Crippen LogP contribution in [0.1, 0.15) is 11.5 Å². The molecule has 2 aromatic rings. The summed E-state index contributed by atoms with van der Waals surface area (Å²) in [6, 6.07) is -0.425. The molecule has 0 saturated heterocycles. The summed E-state index contributed by atoms with van der Waals surface area (Å²) in [5, 5.41) is 9.90. The van der Waals surface area contributed by atoms with Gasteiger partial charge in [-0.25, -0.2) is 14.5 Å². The van der Waals surface area contributed by atoms with E-state index in [0.29, 0.717) is 11.5 Å². The van der Waals surface area contributed by atoms with E-state index >= 15 is 0 Å². The summed E-state index contributed by atoms with van der Waals surface area (Å²) >= 11 is 0. The Morgan fingerprint density at radius 2 is 2.09 bits per heavy atom. The topological polar surface area (TPSA) is 80.9 Å². The highest BCUT2D eigenvalue weighted by molar-refractivity contribution is 5.88. The summed E-state index contributed by atoms with van der Waals surface area (Å²) in [5.74, 6) is -0.529. The molecule has 2 amide bonds. The number of carbonyl (C=O) groups is 1. The first-order valence-corrected chi connectivity index (χ1v) is 6.38. The zero-order valence-corrected chi connectivity index (χ0v) is 11.5. The molecule has 1 aliphatic heterocycles. The van der Waals surface area contributed by atoms with Crippen LogP contribution in [0.3, 0.4) is 0 Å². The van der Waals surface area contributed by atoms with Crippen molar-refractivity contribution >= 4 is 11.8 Å². The Bertz CT molecular complexity index is 705. The van der Waals surface area contributed by atoms with Crippen LogP contribution >= 0.6 is 0 Å². The summed E-state index contributed by atoms with van der Waals surface area (Å²) in [4.78, 5) is 16.9. The largest absolute Gasteiger partial charge is 0.449 e. The molecule has 0 saturated carbocycles. The fourth-order valence-electron chi connectivity index (χ4n) is 2.27. The number of anilines is 1. The van der Waals surface area contributed by atoms with Gasteiger partial charge >= 0.3 is 12.2 Å². The first-order valence-electron chi connectivity index (χ1n) is 6.38. The van der Waals surface area contributed by atoms with Gasteiger partial charge in [-0.05, 0) is 0 Å². The van der Waals surface area contributed by atoms with Crippen LogP contribution in [0.5, 0.6) is 0 Å². The van der Waals surface area contributed by atoms with Crippen molar-refractivity contribution in [1.29, 1.82) is 0 Å². The number of halogens is 3. The van der Waals surface area contributed by atoms with Gasteiger partial charge < -0.3 is 9.47 Å². The Morgan fingerprint density at radius 3 is 2.73 bits per heavy atom. The molecule has 118 valence electrons. The third kappa shape index (κ3) is 2.49. The molecule has 3 heterocycles. The number of nitrogens with zero attached hydrogens (tertiary/aromatic N) is 6. The standard InChI is InChI=1S/C11H12F3N7O/c1-19-8(5-16-18-19)17-10(22)20-2-3-21-7(6-20)4-15-9(21)11(12,13)14/h4-5H,2-3,6H2,1H3,(H,17,22). The van der Waals surface area contributed by atoms with Gasteiger partial charge in [-0.3, -0.25) is 5.32 Å². The Balaban J connectivity index is 1.74. The second kappa shape index (κ2) is 5.00. The number of nitrogens with one attached hydrogen (secondary N) is 1. The zero-order chi connectivity index (χ0) is 15.9. The van der Waals surface area contributed by atoms with Crippen molar-refractivity contribution in [3.05, 3.63) is 23.9 Å². The van der Waals surface area contributed by atoms with Crippen LogP contribution < -0.4 is 5.32 Å². The molecule has 0 unspecified atom stereocenters. The summed E-state index contributed by atoms with van der Waals surface area (Å²) in [5.41, 5.74) is 0.344. The summed E-state index contributed by atoms with van der Waals surface area (Å²) in [7, 11) is 1.61. The van der Waals surface area contributed by atoms with E-state index in [2.05, 4.69) is 20.6 Å². The Morgan fingerprint density at radius 1 is 1.32 bits per heavy atom. The van der Waals surface area contributed by atoms with E-state index < -0.39 is 18.0 Å². The number of hydrogen-bond donors (Lipinski definition) is 1. The highest BCUT2D eigenvalue weighted by Gasteiger charge is 2.38. The first kappa shape index (κ1) is 14.4. The van der Waals surface area contributed by atoms with Gasteiger partial charge in [-0.1, -0.05) is 5.21 Å². The molecule has 0 bridgehead atoms. The minimum atomic E-state index is -4.50. The number of fused-ring (bicyclic) bond motifs is 1. The van der Waals surface area contributed by atoms with Crippen LogP contribution in [0.2, 0.25) is 0 Å². The van der Waals surface area contributed by atoms with E-state index in [9.17, 15) is 18.0 Å². The van der Waals surface area contributed by atoms with Crippen LogP contribution in [-0.4, -0.2) is 42.0 Å². The van der Waals surface area contributed by atoms with Gasteiger partial charge in [0.05, 0.1) is 24.6 Å². The number of hydrogen-bond acceptors (Lipinski definition) is 4. The second-order valence-corrected chi connectivity index (χ2v) is 4.82. The molecule has 0 spiro atoms. The molecule has 11 heteroatoms. The van der Waals surface area contributed by atoms with Crippen molar-refractivity contribution in [1.82, 2.24) is 29.4 Å². The lowest BCUT2D eigenvalue weighted by Gasteiger charge is -2.29. The number of imidazole rings is 1. The summed E-state index contributed by atoms with van der Waals surface area (Å²) < 4.78 is 40.8. The summed E-state index contributed by atoms with van der Waals surface area (Å²) in [6.07, 6.45) is -1.97. The minimum absolute atomic E-state index is 0.0429. The molecule has 1 N–H and O–H groups in total. The SMILES string of the molecule is Cn1nncc1NC(=O)N1CCn2c(cnc2C(F)(F)F)C1. The van der Waals surface area contributed by atoms with Crippen LogP contribution in [0.25, 0.3) is 0 Å². The Labute approximate surface area is 122 Å². The van der Waals surface area contributed by atoms with Gasteiger partial charge in [0.1, 0.15) is 0 Å². The minimum Gasteiger partial charge on any atom is -0.321 e. The van der Waals surface area contributed by atoms with Crippen LogP contribution in [0.15, 0.2) is 12.4 Å². The third-order valence-electron chi connectivity index (χ3n) is 3.37. The van der Waals surface area contributed by atoms with Crippen LogP contribution in [-0.2, 0) is 26.3 Å². The number of aromatic nitrogens is 5. The Kier molecular flexibility index (Phi) is 3.26. The molecule has 2 aromatic heterocycles. The summed E-state index contributed by atoms with van der Waals surface area (Å²) in [6.45, 7) is 0.255.